The van der Waals surface area contributed by atoms with Crippen molar-refractivity contribution in [3.8, 4) is 22.1 Å². The van der Waals surface area contributed by atoms with E-state index in [0.29, 0.717) is 5.02 Å². The number of hydrogen-bond donors (Lipinski definition) is 0. The number of hydrogen-bond acceptors (Lipinski definition) is 5. The van der Waals surface area contributed by atoms with E-state index in [-0.39, 0.29) is 0 Å². The summed E-state index contributed by atoms with van der Waals surface area (Å²) in [4.78, 5) is 0.756. The first-order valence-electron chi connectivity index (χ1n) is 6.26. The maximum Gasteiger partial charge on any atom is 0.235 e. The van der Waals surface area contributed by atoms with Crippen LogP contribution in [0.3, 0.4) is 0 Å². The predicted octanol–water partition coefficient (Wildman–Crippen LogP) is 4.07. The highest BCUT2D eigenvalue weighted by Crippen LogP contribution is 2.31. The molecule has 3 heterocycles. The molecule has 0 fully saturated rings. The van der Waals surface area contributed by atoms with Crippen LogP contribution >= 0.6 is 22.9 Å². The van der Waals surface area contributed by atoms with Gasteiger partial charge in [0.25, 0.3) is 0 Å². The Labute approximate surface area is 128 Å². The van der Waals surface area contributed by atoms with Crippen molar-refractivity contribution in [3.05, 3.63) is 47.2 Å². The van der Waals surface area contributed by atoms with Gasteiger partial charge in [-0.3, -0.25) is 0 Å². The van der Waals surface area contributed by atoms with Crippen LogP contribution in [0.2, 0.25) is 5.02 Å². The molecule has 0 aliphatic rings. The average molecular weight is 317 g/mol. The maximum absolute atomic E-state index is 5.89. The van der Waals surface area contributed by atoms with Gasteiger partial charge in [0.1, 0.15) is 5.76 Å². The Morgan fingerprint density at radius 3 is 2.57 bits per heavy atom. The zero-order chi connectivity index (χ0) is 14.4. The van der Waals surface area contributed by atoms with E-state index in [1.165, 1.54) is 11.3 Å². The van der Waals surface area contributed by atoms with Crippen molar-refractivity contribution in [3.63, 3.8) is 0 Å². The number of aromatic nitrogens is 4. The molecule has 0 aliphatic heterocycles. The molecule has 5 nitrogen and oxygen atoms in total. The lowest BCUT2D eigenvalue weighted by atomic mass is 10.2. The standard InChI is InChI=1S/C14H9ClN4OS/c1-8-16-17-14-19(8)18-13(21-14)12-7-6-11(20-12)9-2-4-10(15)5-3-9/h2-7H,1H3. The molecule has 21 heavy (non-hydrogen) atoms. The Balaban J connectivity index is 1.74. The third kappa shape index (κ3) is 2.12. The Kier molecular flexibility index (Phi) is 2.80. The molecule has 3 aromatic heterocycles. The normalized spacial score (nSPS) is 11.3. The smallest absolute Gasteiger partial charge is 0.235 e. The van der Waals surface area contributed by atoms with E-state index >= 15 is 0 Å². The third-order valence-electron chi connectivity index (χ3n) is 3.09. The highest BCUT2D eigenvalue weighted by molar-refractivity contribution is 7.19. The number of aryl methyl sites for hydroxylation is 1. The van der Waals surface area contributed by atoms with E-state index in [4.69, 9.17) is 16.0 Å². The van der Waals surface area contributed by atoms with Gasteiger partial charge in [0.2, 0.25) is 4.96 Å². The van der Waals surface area contributed by atoms with Crippen LogP contribution in [0.25, 0.3) is 27.1 Å². The largest absolute Gasteiger partial charge is 0.454 e. The first-order chi connectivity index (χ1) is 10.2. The van der Waals surface area contributed by atoms with Crippen molar-refractivity contribution < 1.29 is 4.42 Å². The number of benzene rings is 1. The molecule has 0 radical (unpaired) electrons. The molecule has 0 spiro atoms. The SMILES string of the molecule is Cc1nnc2sc(-c3ccc(-c4ccc(Cl)cc4)o3)nn12. The summed E-state index contributed by atoms with van der Waals surface area (Å²) in [5.41, 5.74) is 0.977. The van der Waals surface area contributed by atoms with Gasteiger partial charge in [-0.15, -0.1) is 15.3 Å². The molecule has 0 N–H and O–H groups in total. The summed E-state index contributed by atoms with van der Waals surface area (Å²) in [5.74, 6) is 2.26. The van der Waals surface area contributed by atoms with Crippen LogP contribution in [-0.2, 0) is 0 Å². The van der Waals surface area contributed by atoms with Crippen LogP contribution < -0.4 is 0 Å². The summed E-state index contributed by atoms with van der Waals surface area (Å²) >= 11 is 7.34. The van der Waals surface area contributed by atoms with Gasteiger partial charge in [-0.2, -0.15) is 4.52 Å². The Morgan fingerprint density at radius 2 is 1.81 bits per heavy atom. The van der Waals surface area contributed by atoms with Gasteiger partial charge in [0.05, 0.1) is 0 Å². The van der Waals surface area contributed by atoms with E-state index in [2.05, 4.69) is 15.3 Å². The molecule has 4 rings (SSSR count). The highest BCUT2D eigenvalue weighted by Gasteiger charge is 2.14. The van der Waals surface area contributed by atoms with Gasteiger partial charge >= 0.3 is 0 Å². The summed E-state index contributed by atoms with van der Waals surface area (Å²) in [6, 6.07) is 11.4. The van der Waals surface area contributed by atoms with Gasteiger partial charge < -0.3 is 4.42 Å². The zero-order valence-electron chi connectivity index (χ0n) is 10.9. The lowest BCUT2D eigenvalue weighted by Crippen LogP contribution is -1.87. The van der Waals surface area contributed by atoms with Gasteiger partial charge in [-0.25, -0.2) is 0 Å². The van der Waals surface area contributed by atoms with E-state index in [1.807, 2.05) is 43.3 Å². The Hall–Kier alpha value is -2.18. The van der Waals surface area contributed by atoms with Crippen LogP contribution in [0.4, 0.5) is 0 Å². The molecule has 104 valence electrons. The lowest BCUT2D eigenvalue weighted by molar-refractivity contribution is 0.595. The van der Waals surface area contributed by atoms with Crippen molar-refractivity contribution in [2.75, 3.05) is 0 Å². The summed E-state index contributed by atoms with van der Waals surface area (Å²) in [5, 5.41) is 14.0. The zero-order valence-corrected chi connectivity index (χ0v) is 12.5. The third-order valence-corrected chi connectivity index (χ3v) is 4.26. The molecule has 0 amide bonds. The fraction of sp³-hybridized carbons (Fsp3) is 0.0714. The topological polar surface area (TPSA) is 56.2 Å². The summed E-state index contributed by atoms with van der Waals surface area (Å²) in [7, 11) is 0. The van der Waals surface area contributed by atoms with Crippen molar-refractivity contribution >= 4 is 27.9 Å². The molecule has 0 bridgehead atoms. The van der Waals surface area contributed by atoms with Crippen LogP contribution in [0, 0.1) is 6.92 Å². The molecule has 1 aromatic carbocycles. The van der Waals surface area contributed by atoms with Crippen LogP contribution in [0.5, 0.6) is 0 Å². The first-order valence-corrected chi connectivity index (χ1v) is 7.45. The molecular formula is C14H9ClN4OS. The minimum atomic E-state index is 0.703. The number of furan rings is 1. The Bertz CT molecular complexity index is 922. The maximum atomic E-state index is 5.89. The molecule has 0 unspecified atom stereocenters. The van der Waals surface area contributed by atoms with E-state index in [1.54, 1.807) is 4.52 Å². The summed E-state index contributed by atoms with van der Waals surface area (Å²) in [6.45, 7) is 1.87. The number of rotatable bonds is 2. The summed E-state index contributed by atoms with van der Waals surface area (Å²) < 4.78 is 7.59. The molecule has 4 aromatic rings. The lowest BCUT2D eigenvalue weighted by Gasteiger charge is -1.96. The molecule has 7 heteroatoms. The van der Waals surface area contributed by atoms with Gasteiger partial charge in [0.15, 0.2) is 16.6 Å². The van der Waals surface area contributed by atoms with Gasteiger partial charge in [-0.1, -0.05) is 22.9 Å². The monoisotopic (exact) mass is 316 g/mol. The number of halogens is 1. The van der Waals surface area contributed by atoms with E-state index < -0.39 is 0 Å². The van der Waals surface area contributed by atoms with E-state index in [9.17, 15) is 0 Å². The second-order valence-corrected chi connectivity index (χ2v) is 5.91. The number of fused-ring (bicyclic) bond motifs is 1. The van der Waals surface area contributed by atoms with Gasteiger partial charge in [0, 0.05) is 10.6 Å². The van der Waals surface area contributed by atoms with Crippen molar-refractivity contribution in [2.24, 2.45) is 0 Å². The van der Waals surface area contributed by atoms with E-state index in [0.717, 1.165) is 32.9 Å². The van der Waals surface area contributed by atoms with Crippen molar-refractivity contribution in [1.29, 1.82) is 0 Å². The van der Waals surface area contributed by atoms with Gasteiger partial charge in [-0.05, 0) is 43.3 Å². The quantitative estimate of drug-likeness (QED) is 0.559. The second kappa shape index (κ2) is 4.68. The predicted molar refractivity (Wildman–Crippen MR) is 81.5 cm³/mol. The highest BCUT2D eigenvalue weighted by atomic mass is 35.5. The molecule has 0 atom stereocenters. The van der Waals surface area contributed by atoms with Crippen LogP contribution in [-0.4, -0.2) is 19.8 Å². The minimum absolute atomic E-state index is 0.703. The number of nitrogens with zero attached hydrogens (tertiary/aromatic N) is 4. The fourth-order valence-corrected chi connectivity index (χ4v) is 3.01. The molecule has 0 saturated carbocycles. The first kappa shape index (κ1) is 12.6. The second-order valence-electron chi connectivity index (χ2n) is 4.52. The Morgan fingerprint density at radius 1 is 1.05 bits per heavy atom. The fourth-order valence-electron chi connectivity index (χ4n) is 2.04. The minimum Gasteiger partial charge on any atom is -0.454 e. The van der Waals surface area contributed by atoms with Crippen molar-refractivity contribution in [1.82, 2.24) is 19.8 Å². The average Bonchev–Trinajstić information content (AvgIpc) is 3.17. The molecule has 0 aliphatic carbocycles. The van der Waals surface area contributed by atoms with Crippen LogP contribution in [0.1, 0.15) is 5.82 Å². The molecular weight excluding hydrogens is 308 g/mol. The molecule has 0 saturated heterocycles. The summed E-state index contributed by atoms with van der Waals surface area (Å²) in [6.07, 6.45) is 0. The van der Waals surface area contributed by atoms with Crippen LogP contribution in [0.15, 0.2) is 40.8 Å². The van der Waals surface area contributed by atoms with Crippen molar-refractivity contribution in [2.45, 2.75) is 6.92 Å².